The molecule has 0 radical (unpaired) electrons. The zero-order valence-corrected chi connectivity index (χ0v) is 12.7. The number of nitrogens with two attached hydrogens (primary N) is 2. The van der Waals surface area contributed by atoms with Crippen LogP contribution in [0, 0.1) is 5.92 Å². The van der Waals surface area contributed by atoms with E-state index in [1.54, 1.807) is 7.11 Å². The molecule has 0 unspecified atom stereocenters. The van der Waals surface area contributed by atoms with E-state index in [1.807, 2.05) is 0 Å². The number of methoxy groups -OCH3 is 1. The maximum Gasteiger partial charge on any atom is 0.222 e. The summed E-state index contributed by atoms with van der Waals surface area (Å²) >= 11 is 0. The first-order valence-corrected chi connectivity index (χ1v) is 7.79. The predicted octanol–water partition coefficient (Wildman–Crippen LogP) is 1.13. The Morgan fingerprint density at radius 2 is 2.00 bits per heavy atom. The van der Waals surface area contributed by atoms with Gasteiger partial charge in [0.1, 0.15) is 5.82 Å². The van der Waals surface area contributed by atoms with Crippen molar-refractivity contribution >= 4 is 11.8 Å². The molecule has 0 amide bonds. The maximum atomic E-state index is 5.89. The van der Waals surface area contributed by atoms with Crippen molar-refractivity contribution in [1.82, 2.24) is 9.97 Å². The van der Waals surface area contributed by atoms with Crippen molar-refractivity contribution in [2.45, 2.75) is 37.6 Å². The molecule has 6 heteroatoms. The molecule has 1 aromatic rings. The smallest absolute Gasteiger partial charge is 0.222 e. The Hall–Kier alpha value is -1.40. The van der Waals surface area contributed by atoms with E-state index < -0.39 is 0 Å². The van der Waals surface area contributed by atoms with Crippen LogP contribution in [0.1, 0.15) is 37.3 Å². The second kappa shape index (κ2) is 6.15. The van der Waals surface area contributed by atoms with Crippen LogP contribution >= 0.6 is 0 Å². The number of piperidine rings is 1. The molecule has 3 rings (SSSR count). The highest BCUT2D eigenvalue weighted by molar-refractivity contribution is 5.45. The summed E-state index contributed by atoms with van der Waals surface area (Å²) in [6, 6.07) is 2.42. The predicted molar refractivity (Wildman–Crippen MR) is 83.2 cm³/mol. The molecule has 0 spiro atoms. The molecule has 2 heterocycles. The molecule has 21 heavy (non-hydrogen) atoms. The Labute approximate surface area is 125 Å². The van der Waals surface area contributed by atoms with Gasteiger partial charge in [0.25, 0.3) is 0 Å². The molecule has 1 saturated carbocycles. The van der Waals surface area contributed by atoms with Crippen molar-refractivity contribution in [2.24, 2.45) is 11.7 Å². The molecule has 2 fully saturated rings. The van der Waals surface area contributed by atoms with Crippen LogP contribution in [0.5, 0.6) is 0 Å². The lowest BCUT2D eigenvalue weighted by Crippen LogP contribution is -2.37. The number of anilines is 2. The van der Waals surface area contributed by atoms with Gasteiger partial charge in [-0.1, -0.05) is 0 Å². The number of nitrogen functional groups attached to an aromatic ring is 1. The van der Waals surface area contributed by atoms with E-state index in [-0.39, 0.29) is 0 Å². The van der Waals surface area contributed by atoms with Gasteiger partial charge in [-0.25, -0.2) is 4.98 Å². The lowest BCUT2D eigenvalue weighted by molar-refractivity contribution is 0.139. The summed E-state index contributed by atoms with van der Waals surface area (Å²) in [5.41, 5.74) is 12.8. The van der Waals surface area contributed by atoms with E-state index in [0.29, 0.717) is 23.8 Å². The van der Waals surface area contributed by atoms with Crippen molar-refractivity contribution in [2.75, 3.05) is 37.4 Å². The summed E-state index contributed by atoms with van der Waals surface area (Å²) in [5, 5.41) is 0. The third-order valence-electron chi connectivity index (χ3n) is 4.68. The number of hydrogen-bond donors (Lipinski definition) is 2. The van der Waals surface area contributed by atoms with Crippen LogP contribution in [0.25, 0.3) is 0 Å². The molecule has 4 N–H and O–H groups in total. The summed E-state index contributed by atoms with van der Waals surface area (Å²) in [5.74, 6) is 2.46. The van der Waals surface area contributed by atoms with E-state index in [1.165, 1.54) is 0 Å². The number of rotatable bonds is 4. The largest absolute Gasteiger partial charge is 0.384 e. The summed E-state index contributed by atoms with van der Waals surface area (Å²) in [6.07, 6.45) is 4.29. The second-order valence-corrected chi connectivity index (χ2v) is 6.32. The van der Waals surface area contributed by atoms with Crippen molar-refractivity contribution in [3.63, 3.8) is 0 Å². The SMILES string of the molecule is COCC1CCN(c2cc(C3CC(N)C3)nc(N)n2)CC1. The van der Waals surface area contributed by atoms with Crippen molar-refractivity contribution in [1.29, 1.82) is 0 Å². The molecule has 1 aliphatic carbocycles. The van der Waals surface area contributed by atoms with Gasteiger partial charge in [0.15, 0.2) is 0 Å². The van der Waals surface area contributed by atoms with Crippen LogP contribution < -0.4 is 16.4 Å². The van der Waals surface area contributed by atoms with Crippen molar-refractivity contribution < 1.29 is 4.74 Å². The fourth-order valence-electron chi connectivity index (χ4n) is 3.31. The number of nitrogens with zero attached hydrogens (tertiary/aromatic N) is 3. The average molecular weight is 291 g/mol. The van der Waals surface area contributed by atoms with Gasteiger partial charge in [-0.3, -0.25) is 0 Å². The van der Waals surface area contributed by atoms with Gasteiger partial charge in [0, 0.05) is 44.8 Å². The second-order valence-electron chi connectivity index (χ2n) is 6.32. The fraction of sp³-hybridized carbons (Fsp3) is 0.733. The Morgan fingerprint density at radius 3 is 2.62 bits per heavy atom. The molecule has 116 valence electrons. The van der Waals surface area contributed by atoms with Gasteiger partial charge in [-0.15, -0.1) is 0 Å². The highest BCUT2D eigenvalue weighted by Crippen LogP contribution is 2.36. The molecular weight excluding hydrogens is 266 g/mol. The number of aromatic nitrogens is 2. The van der Waals surface area contributed by atoms with Crippen LogP contribution in [0.4, 0.5) is 11.8 Å². The minimum atomic E-state index is 0.319. The quantitative estimate of drug-likeness (QED) is 0.864. The highest BCUT2D eigenvalue weighted by Gasteiger charge is 2.30. The Bertz CT molecular complexity index is 481. The minimum Gasteiger partial charge on any atom is -0.384 e. The van der Waals surface area contributed by atoms with E-state index in [0.717, 1.165) is 56.9 Å². The molecule has 1 saturated heterocycles. The van der Waals surface area contributed by atoms with Crippen molar-refractivity contribution in [3.8, 4) is 0 Å². The first-order chi connectivity index (χ1) is 10.2. The lowest BCUT2D eigenvalue weighted by Gasteiger charge is -2.34. The molecule has 1 aliphatic heterocycles. The van der Waals surface area contributed by atoms with E-state index in [4.69, 9.17) is 16.2 Å². The van der Waals surface area contributed by atoms with Gasteiger partial charge in [0.05, 0.1) is 5.69 Å². The standard InChI is InChI=1S/C15H25N5O/c1-21-9-10-2-4-20(5-3-10)14-8-13(18-15(17)19-14)11-6-12(16)7-11/h8,10-12H,2-7,9,16H2,1H3,(H2,17,18,19). The van der Waals surface area contributed by atoms with E-state index in [2.05, 4.69) is 20.9 Å². The molecule has 1 aromatic heterocycles. The van der Waals surface area contributed by atoms with Crippen LogP contribution in [0.3, 0.4) is 0 Å². The molecular formula is C15H25N5O. The maximum absolute atomic E-state index is 5.89. The van der Waals surface area contributed by atoms with Gasteiger partial charge in [-0.2, -0.15) is 4.98 Å². The zero-order chi connectivity index (χ0) is 14.8. The Morgan fingerprint density at radius 1 is 1.29 bits per heavy atom. The number of ether oxygens (including phenoxy) is 1. The minimum absolute atomic E-state index is 0.319. The van der Waals surface area contributed by atoms with Crippen LogP contribution in [-0.2, 0) is 4.74 Å². The fourth-order valence-corrected chi connectivity index (χ4v) is 3.31. The summed E-state index contributed by atoms with van der Waals surface area (Å²) < 4.78 is 5.25. The first kappa shape index (κ1) is 14.5. The van der Waals surface area contributed by atoms with Gasteiger partial charge >= 0.3 is 0 Å². The molecule has 2 aliphatic rings. The van der Waals surface area contributed by atoms with E-state index in [9.17, 15) is 0 Å². The van der Waals surface area contributed by atoms with Gasteiger partial charge in [-0.05, 0) is 31.6 Å². The molecule has 0 aromatic carbocycles. The Kier molecular flexibility index (Phi) is 4.26. The Balaban J connectivity index is 1.68. The summed E-state index contributed by atoms with van der Waals surface area (Å²) in [4.78, 5) is 11.1. The highest BCUT2D eigenvalue weighted by atomic mass is 16.5. The molecule has 6 nitrogen and oxygen atoms in total. The van der Waals surface area contributed by atoms with E-state index >= 15 is 0 Å². The summed E-state index contributed by atoms with van der Waals surface area (Å²) in [6.45, 7) is 2.87. The summed E-state index contributed by atoms with van der Waals surface area (Å²) in [7, 11) is 1.77. The van der Waals surface area contributed by atoms with Crippen LogP contribution in [0.2, 0.25) is 0 Å². The third-order valence-corrected chi connectivity index (χ3v) is 4.68. The number of hydrogen-bond acceptors (Lipinski definition) is 6. The van der Waals surface area contributed by atoms with Gasteiger partial charge < -0.3 is 21.1 Å². The molecule has 0 bridgehead atoms. The topological polar surface area (TPSA) is 90.3 Å². The van der Waals surface area contributed by atoms with Crippen LogP contribution in [0.15, 0.2) is 6.07 Å². The van der Waals surface area contributed by atoms with Crippen molar-refractivity contribution in [3.05, 3.63) is 11.8 Å². The zero-order valence-electron chi connectivity index (χ0n) is 12.7. The normalized spacial score (nSPS) is 26.7. The van der Waals surface area contributed by atoms with Gasteiger partial charge in [0.2, 0.25) is 5.95 Å². The average Bonchev–Trinajstić information content (AvgIpc) is 2.44. The van der Waals surface area contributed by atoms with Crippen LogP contribution in [-0.4, -0.2) is 42.8 Å². The monoisotopic (exact) mass is 291 g/mol. The first-order valence-electron chi connectivity index (χ1n) is 7.79. The lowest BCUT2D eigenvalue weighted by atomic mass is 9.78. The molecule has 0 atom stereocenters. The third kappa shape index (κ3) is 3.27.